The maximum atomic E-state index is 13.8. The van der Waals surface area contributed by atoms with E-state index < -0.39 is 0 Å². The van der Waals surface area contributed by atoms with E-state index in [0.717, 1.165) is 107 Å². The van der Waals surface area contributed by atoms with Gasteiger partial charge in [-0.15, -0.1) is 0 Å². The van der Waals surface area contributed by atoms with Crippen molar-refractivity contribution in [2.24, 2.45) is 68.6 Å². The number of fused-ring (bicyclic) bond motifs is 5. The Kier molecular flexibility index (Phi) is 11.4. The highest BCUT2D eigenvalue weighted by molar-refractivity contribution is 5.68. The molecular weight excluding hydrogens is 592 g/mol. The number of unbranched alkanes of at least 4 members (excludes halogenated alkanes) is 1. The summed E-state index contributed by atoms with van der Waals surface area (Å²) < 4.78 is 6.40. The van der Waals surface area contributed by atoms with Gasteiger partial charge in [0.05, 0.1) is 0 Å². The molecule has 0 aliphatic heterocycles. The SMILES string of the molecule is CC(C)CCC[C@@H](C)[C@H]1CC[C@H]2[C@@H]3CC=C4C[C@@H](OC(=O)N(CCCCNCC5(CN)CC5)CC5(CN)CC5)CC[C@]4(C)[C@H]3CC[C@]12C. The third-order valence-electron chi connectivity index (χ3n) is 15.6. The van der Waals surface area contributed by atoms with Crippen LogP contribution in [0.2, 0.25) is 0 Å². The summed E-state index contributed by atoms with van der Waals surface area (Å²) in [6, 6.07) is 0. The van der Waals surface area contributed by atoms with Crippen LogP contribution >= 0.6 is 0 Å². The molecule has 6 heteroatoms. The average Bonchev–Trinajstić information content (AvgIpc) is 3.99. The number of nitrogens with two attached hydrogens (primary N) is 2. The van der Waals surface area contributed by atoms with Crippen LogP contribution in [0.5, 0.6) is 0 Å². The van der Waals surface area contributed by atoms with Gasteiger partial charge in [0.1, 0.15) is 6.10 Å². The Bertz CT molecular complexity index is 1130. The van der Waals surface area contributed by atoms with Gasteiger partial charge in [-0.05, 0) is 155 Å². The molecule has 0 unspecified atom stereocenters. The Morgan fingerprint density at radius 2 is 1.67 bits per heavy atom. The van der Waals surface area contributed by atoms with Gasteiger partial charge < -0.3 is 26.4 Å². The van der Waals surface area contributed by atoms with E-state index in [-0.39, 0.29) is 23.0 Å². The van der Waals surface area contributed by atoms with Gasteiger partial charge in [0.2, 0.25) is 0 Å². The lowest BCUT2D eigenvalue weighted by atomic mass is 9.47. The number of amides is 1. The van der Waals surface area contributed by atoms with Crippen LogP contribution in [-0.2, 0) is 4.74 Å². The highest BCUT2D eigenvalue weighted by Gasteiger charge is 2.59. The third kappa shape index (κ3) is 7.71. The zero-order valence-corrected chi connectivity index (χ0v) is 31.8. The Morgan fingerprint density at radius 3 is 2.35 bits per heavy atom. The van der Waals surface area contributed by atoms with Gasteiger partial charge in [0, 0.05) is 31.5 Å². The summed E-state index contributed by atoms with van der Waals surface area (Å²) in [5.74, 6) is 5.11. The van der Waals surface area contributed by atoms with E-state index in [1.165, 1.54) is 70.6 Å². The second-order valence-corrected chi connectivity index (χ2v) is 19.3. The average molecular weight is 667 g/mol. The highest BCUT2D eigenvalue weighted by atomic mass is 16.6. The number of nitrogens with one attached hydrogen (secondary N) is 1. The number of hydrogen-bond acceptors (Lipinski definition) is 5. The summed E-state index contributed by atoms with van der Waals surface area (Å²) in [4.78, 5) is 15.8. The molecule has 8 atom stereocenters. The van der Waals surface area contributed by atoms with E-state index in [9.17, 15) is 4.79 Å². The van der Waals surface area contributed by atoms with Gasteiger partial charge >= 0.3 is 6.09 Å². The van der Waals surface area contributed by atoms with E-state index in [0.29, 0.717) is 17.4 Å². The van der Waals surface area contributed by atoms with Crippen LogP contribution in [0, 0.1) is 57.2 Å². The first-order valence-electron chi connectivity index (χ1n) is 20.7. The molecule has 0 spiro atoms. The minimum absolute atomic E-state index is 0.00738. The first-order valence-corrected chi connectivity index (χ1v) is 20.7. The molecule has 0 aromatic rings. The predicted octanol–water partition coefficient (Wildman–Crippen LogP) is 8.68. The number of nitrogens with zero attached hydrogens (tertiary/aromatic N) is 1. The Hall–Kier alpha value is -1.11. The zero-order chi connectivity index (χ0) is 34.2. The van der Waals surface area contributed by atoms with Gasteiger partial charge in [0.15, 0.2) is 0 Å². The number of rotatable bonds is 17. The fourth-order valence-electron chi connectivity index (χ4n) is 11.7. The second kappa shape index (κ2) is 14.9. The molecule has 48 heavy (non-hydrogen) atoms. The minimum Gasteiger partial charge on any atom is -0.446 e. The normalized spacial score (nSPS) is 36.4. The molecule has 5 fully saturated rings. The zero-order valence-electron chi connectivity index (χ0n) is 31.8. The van der Waals surface area contributed by atoms with Crippen molar-refractivity contribution in [1.29, 1.82) is 0 Å². The van der Waals surface area contributed by atoms with E-state index in [1.54, 1.807) is 5.57 Å². The summed E-state index contributed by atoms with van der Waals surface area (Å²) in [5.41, 5.74) is 15.0. The summed E-state index contributed by atoms with van der Waals surface area (Å²) >= 11 is 0. The number of ether oxygens (including phenoxy) is 1. The summed E-state index contributed by atoms with van der Waals surface area (Å²) in [6.45, 7) is 17.6. The molecule has 0 bridgehead atoms. The van der Waals surface area contributed by atoms with Crippen LogP contribution in [0.4, 0.5) is 4.79 Å². The Morgan fingerprint density at radius 1 is 0.917 bits per heavy atom. The minimum atomic E-state index is -0.0985. The lowest BCUT2D eigenvalue weighted by molar-refractivity contribution is -0.0595. The molecule has 6 nitrogen and oxygen atoms in total. The summed E-state index contributed by atoms with van der Waals surface area (Å²) in [7, 11) is 0. The van der Waals surface area contributed by atoms with Crippen LogP contribution in [-0.4, -0.2) is 56.4 Å². The molecule has 0 aromatic heterocycles. The predicted molar refractivity (Wildman–Crippen MR) is 198 cm³/mol. The maximum Gasteiger partial charge on any atom is 0.410 e. The van der Waals surface area contributed by atoms with E-state index in [2.05, 4.69) is 46.0 Å². The van der Waals surface area contributed by atoms with Crippen LogP contribution in [0.3, 0.4) is 0 Å². The van der Waals surface area contributed by atoms with Gasteiger partial charge in [-0.2, -0.15) is 0 Å². The summed E-state index contributed by atoms with van der Waals surface area (Å²) in [6.07, 6.45) is 23.6. The maximum absolute atomic E-state index is 13.8. The molecule has 274 valence electrons. The Balaban J connectivity index is 1.02. The summed E-state index contributed by atoms with van der Waals surface area (Å²) in [5, 5.41) is 3.62. The molecule has 0 aromatic carbocycles. The van der Waals surface area contributed by atoms with Crippen molar-refractivity contribution in [2.45, 2.75) is 150 Å². The molecule has 0 heterocycles. The molecule has 6 aliphatic rings. The molecule has 6 rings (SSSR count). The van der Waals surface area contributed by atoms with Crippen molar-refractivity contribution in [3.8, 4) is 0 Å². The molecule has 5 saturated carbocycles. The number of carbonyl (C=O) groups excluding carboxylic acids is 1. The number of carbonyl (C=O) groups is 1. The van der Waals surface area contributed by atoms with Crippen LogP contribution in [0.25, 0.3) is 0 Å². The standard InChI is InChI=1S/C42H74N4O2/c1-30(2)9-8-10-31(3)35-13-14-36-34-12-11-32-25-33(15-17-39(32,4)37(34)16-18-40(35,36)5)48-38(47)46(29-42(27-44)21-22-42)24-7-6-23-45-28-41(26-43)19-20-41/h11,30-31,33-37,45H,6-10,12-29,43-44H2,1-5H3/t31-,33+,34+,35-,36+,37+,39+,40-/m1/s1. The number of allylic oxidation sites excluding steroid dienone is 1. The smallest absolute Gasteiger partial charge is 0.410 e. The topological polar surface area (TPSA) is 93.6 Å². The lowest BCUT2D eigenvalue weighted by Gasteiger charge is -2.58. The fraction of sp³-hybridized carbons (Fsp3) is 0.929. The van der Waals surface area contributed by atoms with Crippen molar-refractivity contribution < 1.29 is 9.53 Å². The quantitative estimate of drug-likeness (QED) is 0.107. The van der Waals surface area contributed by atoms with Crippen LogP contribution < -0.4 is 16.8 Å². The third-order valence-corrected chi connectivity index (χ3v) is 15.6. The molecule has 0 saturated heterocycles. The second-order valence-electron chi connectivity index (χ2n) is 19.3. The largest absolute Gasteiger partial charge is 0.446 e. The number of hydrogen-bond donors (Lipinski definition) is 3. The molecule has 6 aliphatic carbocycles. The van der Waals surface area contributed by atoms with Crippen molar-refractivity contribution in [2.75, 3.05) is 39.3 Å². The van der Waals surface area contributed by atoms with Crippen LogP contribution in [0.15, 0.2) is 11.6 Å². The molecule has 1 amide bonds. The van der Waals surface area contributed by atoms with Gasteiger partial charge in [-0.1, -0.05) is 65.5 Å². The van der Waals surface area contributed by atoms with Crippen molar-refractivity contribution in [3.63, 3.8) is 0 Å². The van der Waals surface area contributed by atoms with Gasteiger partial charge in [0.25, 0.3) is 0 Å². The first kappa shape index (κ1) is 36.7. The van der Waals surface area contributed by atoms with Gasteiger partial charge in [-0.25, -0.2) is 4.79 Å². The Labute approximate surface area is 294 Å². The van der Waals surface area contributed by atoms with E-state index in [4.69, 9.17) is 16.2 Å². The van der Waals surface area contributed by atoms with Crippen molar-refractivity contribution >= 4 is 6.09 Å². The van der Waals surface area contributed by atoms with E-state index in [1.807, 2.05) is 4.90 Å². The van der Waals surface area contributed by atoms with E-state index >= 15 is 0 Å². The first-order chi connectivity index (χ1) is 23.0. The van der Waals surface area contributed by atoms with Crippen molar-refractivity contribution in [3.05, 3.63) is 11.6 Å². The van der Waals surface area contributed by atoms with Crippen LogP contribution in [0.1, 0.15) is 144 Å². The molecule has 0 radical (unpaired) electrons. The molecule has 5 N–H and O–H groups in total. The van der Waals surface area contributed by atoms with Gasteiger partial charge in [-0.3, -0.25) is 0 Å². The molecular formula is C42H74N4O2. The fourth-order valence-corrected chi connectivity index (χ4v) is 11.7. The highest BCUT2D eigenvalue weighted by Crippen LogP contribution is 2.67. The lowest BCUT2D eigenvalue weighted by Crippen LogP contribution is -2.51. The monoisotopic (exact) mass is 667 g/mol. The van der Waals surface area contributed by atoms with Crippen molar-refractivity contribution in [1.82, 2.24) is 10.2 Å².